The van der Waals surface area contributed by atoms with Gasteiger partial charge in [-0.1, -0.05) is 46.9 Å². The van der Waals surface area contributed by atoms with Crippen LogP contribution in [0.3, 0.4) is 0 Å². The quantitative estimate of drug-likeness (QED) is 0.413. The van der Waals surface area contributed by atoms with E-state index in [2.05, 4.69) is 9.97 Å². The lowest BCUT2D eigenvalue weighted by Crippen LogP contribution is -1.93. The third kappa shape index (κ3) is 3.01. The Morgan fingerprint density at radius 3 is 2.33 bits per heavy atom. The van der Waals surface area contributed by atoms with E-state index in [1.165, 1.54) is 12.1 Å². The Kier molecular flexibility index (Phi) is 4.09. The van der Waals surface area contributed by atoms with Gasteiger partial charge in [-0.15, -0.1) is 0 Å². The van der Waals surface area contributed by atoms with E-state index in [0.717, 1.165) is 0 Å². The number of benzene rings is 2. The molecule has 0 saturated heterocycles. The van der Waals surface area contributed by atoms with Gasteiger partial charge < -0.3 is 4.74 Å². The number of hydrogen-bond donors (Lipinski definition) is 0. The highest BCUT2D eigenvalue weighted by Gasteiger charge is 2.12. The number of aromatic nitrogens is 2. The second kappa shape index (κ2) is 5.85. The van der Waals surface area contributed by atoms with Crippen molar-refractivity contribution in [2.75, 3.05) is 0 Å². The highest BCUT2D eigenvalue weighted by molar-refractivity contribution is 6.43. The van der Waals surface area contributed by atoms with Crippen LogP contribution in [0.15, 0.2) is 36.4 Å². The first-order chi connectivity index (χ1) is 10.0. The van der Waals surface area contributed by atoms with E-state index in [1.54, 1.807) is 0 Å². The minimum Gasteiger partial charge on any atom is -0.437 e. The molecule has 106 valence electrons. The molecule has 21 heavy (non-hydrogen) atoms. The predicted octanol–water partition coefficient (Wildman–Crippen LogP) is 6.04. The van der Waals surface area contributed by atoms with Gasteiger partial charge in [-0.05, 0) is 29.8 Å². The van der Waals surface area contributed by atoms with Gasteiger partial charge in [0.05, 0.1) is 26.0 Å². The predicted molar refractivity (Wildman–Crippen MR) is 86.1 cm³/mol. The van der Waals surface area contributed by atoms with Gasteiger partial charge in [-0.25, -0.2) is 4.98 Å². The summed E-state index contributed by atoms with van der Waals surface area (Å²) in [5.41, 5.74) is 0.670. The minimum absolute atomic E-state index is 0.0832. The maximum atomic E-state index is 6.10. The maximum absolute atomic E-state index is 6.10. The van der Waals surface area contributed by atoms with Crippen LogP contribution in [0.25, 0.3) is 10.9 Å². The lowest BCUT2D eigenvalue weighted by atomic mass is 10.2. The number of hydrogen-bond acceptors (Lipinski definition) is 3. The van der Waals surface area contributed by atoms with Crippen LogP contribution in [0.2, 0.25) is 20.4 Å². The molecule has 0 spiro atoms. The Morgan fingerprint density at radius 1 is 0.810 bits per heavy atom. The summed E-state index contributed by atoms with van der Waals surface area (Å²) >= 11 is 23.9. The second-order valence-electron chi connectivity index (χ2n) is 4.11. The zero-order chi connectivity index (χ0) is 15.0. The molecule has 0 saturated carbocycles. The second-order valence-corrected chi connectivity index (χ2v) is 5.67. The Balaban J connectivity index is 2.12. The van der Waals surface area contributed by atoms with Crippen LogP contribution in [-0.2, 0) is 0 Å². The summed E-state index contributed by atoms with van der Waals surface area (Å²) in [5, 5.41) is 1.80. The van der Waals surface area contributed by atoms with Gasteiger partial charge in [0.25, 0.3) is 0 Å². The van der Waals surface area contributed by atoms with Crippen LogP contribution in [0.1, 0.15) is 0 Å². The van der Waals surface area contributed by atoms with Crippen LogP contribution in [-0.4, -0.2) is 9.97 Å². The van der Waals surface area contributed by atoms with Gasteiger partial charge in [-0.3, -0.25) is 0 Å². The van der Waals surface area contributed by atoms with Gasteiger partial charge >= 0.3 is 0 Å². The summed E-state index contributed by atoms with van der Waals surface area (Å²) in [5.74, 6) is 0.636. The normalized spacial score (nSPS) is 10.9. The number of para-hydroxylation sites is 1. The van der Waals surface area contributed by atoms with Crippen molar-refractivity contribution < 1.29 is 4.74 Å². The molecule has 0 amide bonds. The molecule has 3 rings (SSSR count). The monoisotopic (exact) mass is 358 g/mol. The van der Waals surface area contributed by atoms with Crippen molar-refractivity contribution in [3.8, 4) is 11.6 Å². The standard InChI is InChI=1S/C14H6Cl4N2O/c15-8-5-10(17)12(6-9(8)16)21-13-7-3-1-2-4-11(7)19-14(18)20-13/h1-6H. The molecule has 0 aliphatic carbocycles. The SMILES string of the molecule is Clc1nc(Oc2cc(Cl)c(Cl)cc2Cl)c2ccccc2n1. The first kappa shape index (κ1) is 14.7. The van der Waals surface area contributed by atoms with Crippen molar-refractivity contribution in [1.29, 1.82) is 0 Å². The van der Waals surface area contributed by atoms with E-state index in [4.69, 9.17) is 51.1 Å². The molecule has 3 aromatic rings. The summed E-state index contributed by atoms with van der Waals surface area (Å²) in [6.07, 6.45) is 0. The largest absolute Gasteiger partial charge is 0.437 e. The van der Waals surface area contributed by atoms with Crippen molar-refractivity contribution in [3.63, 3.8) is 0 Å². The molecule has 0 aliphatic rings. The van der Waals surface area contributed by atoms with Crippen molar-refractivity contribution in [2.24, 2.45) is 0 Å². The van der Waals surface area contributed by atoms with Gasteiger partial charge in [0.15, 0.2) is 0 Å². The summed E-state index contributed by atoms with van der Waals surface area (Å²) in [6, 6.07) is 10.4. The molecular formula is C14H6Cl4N2O. The molecule has 1 aromatic heterocycles. The van der Waals surface area contributed by atoms with Crippen molar-refractivity contribution in [2.45, 2.75) is 0 Å². The first-order valence-electron chi connectivity index (χ1n) is 5.79. The summed E-state index contributed by atoms with van der Waals surface area (Å²) < 4.78 is 5.73. The molecule has 0 bridgehead atoms. The average Bonchev–Trinajstić information content (AvgIpc) is 2.44. The Bertz CT molecular complexity index is 839. The van der Waals surface area contributed by atoms with Crippen molar-refractivity contribution in [3.05, 3.63) is 56.7 Å². The summed E-state index contributed by atoms with van der Waals surface area (Å²) in [4.78, 5) is 8.21. The molecule has 3 nitrogen and oxygen atoms in total. The number of ether oxygens (including phenoxy) is 1. The Labute approximate surface area is 140 Å². The first-order valence-corrected chi connectivity index (χ1v) is 7.30. The number of rotatable bonds is 2. The highest BCUT2D eigenvalue weighted by atomic mass is 35.5. The van der Waals surface area contributed by atoms with E-state index in [0.29, 0.717) is 37.6 Å². The van der Waals surface area contributed by atoms with E-state index in [-0.39, 0.29) is 5.28 Å². The molecule has 7 heteroatoms. The molecule has 0 fully saturated rings. The number of nitrogens with zero attached hydrogens (tertiary/aromatic N) is 2. The topological polar surface area (TPSA) is 35.0 Å². The molecule has 2 aromatic carbocycles. The van der Waals surface area contributed by atoms with E-state index < -0.39 is 0 Å². The van der Waals surface area contributed by atoms with Crippen LogP contribution in [0, 0.1) is 0 Å². The number of halogens is 4. The number of fused-ring (bicyclic) bond motifs is 1. The van der Waals surface area contributed by atoms with Crippen molar-refractivity contribution in [1.82, 2.24) is 9.97 Å². The van der Waals surface area contributed by atoms with Crippen LogP contribution >= 0.6 is 46.4 Å². The molecule has 0 unspecified atom stereocenters. The average molecular weight is 360 g/mol. The molecule has 0 atom stereocenters. The fourth-order valence-electron chi connectivity index (χ4n) is 1.78. The summed E-state index contributed by atoms with van der Waals surface area (Å²) in [7, 11) is 0. The van der Waals surface area contributed by atoms with E-state index in [1.807, 2.05) is 24.3 Å². The zero-order valence-electron chi connectivity index (χ0n) is 10.3. The van der Waals surface area contributed by atoms with E-state index >= 15 is 0 Å². The highest BCUT2D eigenvalue weighted by Crippen LogP contribution is 2.37. The third-order valence-electron chi connectivity index (χ3n) is 2.72. The van der Waals surface area contributed by atoms with Crippen molar-refractivity contribution >= 4 is 57.3 Å². The fraction of sp³-hybridized carbons (Fsp3) is 0. The summed E-state index contributed by atoms with van der Waals surface area (Å²) in [6.45, 7) is 0. The molecule has 1 heterocycles. The van der Waals surface area contributed by atoms with Gasteiger partial charge in [0.2, 0.25) is 11.2 Å². The zero-order valence-corrected chi connectivity index (χ0v) is 13.3. The minimum atomic E-state index is 0.0832. The van der Waals surface area contributed by atoms with Crippen LogP contribution < -0.4 is 4.74 Å². The van der Waals surface area contributed by atoms with E-state index in [9.17, 15) is 0 Å². The molecule has 0 N–H and O–H groups in total. The lowest BCUT2D eigenvalue weighted by molar-refractivity contribution is 0.468. The fourth-order valence-corrected chi connectivity index (χ4v) is 2.53. The molecule has 0 radical (unpaired) electrons. The lowest BCUT2D eigenvalue weighted by Gasteiger charge is -2.10. The maximum Gasteiger partial charge on any atom is 0.231 e. The Morgan fingerprint density at radius 2 is 1.52 bits per heavy atom. The molecular weight excluding hydrogens is 354 g/mol. The van der Waals surface area contributed by atoms with Gasteiger partial charge in [0, 0.05) is 6.07 Å². The van der Waals surface area contributed by atoms with Crippen LogP contribution in [0.4, 0.5) is 0 Å². The van der Waals surface area contributed by atoms with Gasteiger partial charge in [-0.2, -0.15) is 4.98 Å². The van der Waals surface area contributed by atoms with Crippen LogP contribution in [0.5, 0.6) is 11.6 Å². The van der Waals surface area contributed by atoms with Gasteiger partial charge in [0.1, 0.15) is 5.75 Å². The third-order valence-corrected chi connectivity index (χ3v) is 3.91. The molecule has 0 aliphatic heterocycles. The smallest absolute Gasteiger partial charge is 0.231 e. The Hall–Kier alpha value is -1.26.